The Morgan fingerprint density at radius 1 is 1.21 bits per heavy atom. The molecule has 0 bridgehead atoms. The molecule has 3 N–H and O–H groups in total. The fraction of sp³-hybridized carbons (Fsp3) is 0.150. The van der Waals surface area contributed by atoms with E-state index in [1.165, 1.54) is 37.4 Å². The number of hydrogen-bond donors (Lipinski definition) is 3. The average molecular weight is 418 g/mol. The molecule has 0 spiro atoms. The number of methoxy groups -OCH3 is 1. The summed E-state index contributed by atoms with van der Waals surface area (Å²) in [4.78, 5) is 36.8. The minimum absolute atomic E-state index is 0.0711. The van der Waals surface area contributed by atoms with E-state index in [9.17, 15) is 24.6 Å². The van der Waals surface area contributed by atoms with Crippen LogP contribution in [0, 0.1) is 6.92 Å². The zero-order valence-electron chi connectivity index (χ0n) is 15.4. The van der Waals surface area contributed by atoms with Gasteiger partial charge in [-0.1, -0.05) is 11.6 Å². The van der Waals surface area contributed by atoms with Gasteiger partial charge in [-0.3, -0.25) is 4.79 Å². The van der Waals surface area contributed by atoms with Crippen LogP contribution in [0.3, 0.4) is 0 Å². The summed E-state index contributed by atoms with van der Waals surface area (Å²) in [5.41, 5.74) is -0.264. The van der Waals surface area contributed by atoms with Gasteiger partial charge in [-0.2, -0.15) is 0 Å². The van der Waals surface area contributed by atoms with Crippen LogP contribution in [0.2, 0.25) is 5.02 Å². The third-order valence-corrected chi connectivity index (χ3v) is 4.64. The van der Waals surface area contributed by atoms with Gasteiger partial charge in [-0.25, -0.2) is 9.59 Å². The Morgan fingerprint density at radius 3 is 2.62 bits per heavy atom. The molecule has 0 unspecified atom stereocenters. The van der Waals surface area contributed by atoms with Crippen molar-refractivity contribution in [2.24, 2.45) is 0 Å². The van der Waals surface area contributed by atoms with E-state index in [0.717, 1.165) is 0 Å². The highest BCUT2D eigenvalue weighted by molar-refractivity contribution is 6.31. The summed E-state index contributed by atoms with van der Waals surface area (Å²) in [5, 5.41) is 22.7. The maximum absolute atomic E-state index is 12.5. The second-order valence-corrected chi connectivity index (χ2v) is 6.65. The van der Waals surface area contributed by atoms with Crippen LogP contribution in [0.4, 0.5) is 5.69 Å². The first-order chi connectivity index (χ1) is 13.7. The normalized spacial score (nSPS) is 10.7. The van der Waals surface area contributed by atoms with E-state index in [0.29, 0.717) is 16.0 Å². The molecule has 8 nitrogen and oxygen atoms in total. The maximum atomic E-state index is 12.5. The molecule has 1 heterocycles. The number of hydrogen-bond acceptors (Lipinski definition) is 7. The van der Waals surface area contributed by atoms with Crippen LogP contribution in [0.25, 0.3) is 11.0 Å². The molecule has 1 aromatic heterocycles. The van der Waals surface area contributed by atoms with Crippen LogP contribution < -0.4 is 10.9 Å². The van der Waals surface area contributed by atoms with E-state index in [-0.39, 0.29) is 28.8 Å². The van der Waals surface area contributed by atoms with Crippen molar-refractivity contribution < 1.29 is 29.0 Å². The molecule has 3 rings (SSSR count). The standard InChI is InChI=1S/C20H16ClNO7/c1-9-11-5-6-15(23)17(25)18(11)29-20(27)13(9)8-16(24)22-14-7-10(21)3-4-12(14)19(26)28-2/h3-7,23,25H,8H2,1-2H3,(H,22,24). The number of carbonyl (C=O) groups is 2. The van der Waals surface area contributed by atoms with Crippen molar-refractivity contribution in [1.29, 1.82) is 0 Å². The topological polar surface area (TPSA) is 126 Å². The summed E-state index contributed by atoms with van der Waals surface area (Å²) in [6.07, 6.45) is -0.348. The molecule has 9 heteroatoms. The van der Waals surface area contributed by atoms with Crippen molar-refractivity contribution in [1.82, 2.24) is 0 Å². The van der Waals surface area contributed by atoms with Crippen LogP contribution in [0.1, 0.15) is 21.5 Å². The number of ether oxygens (including phenoxy) is 1. The SMILES string of the molecule is COC(=O)c1ccc(Cl)cc1NC(=O)Cc1c(C)c2ccc(O)c(O)c2oc1=O. The fourth-order valence-corrected chi connectivity index (χ4v) is 3.07. The lowest BCUT2D eigenvalue weighted by atomic mass is 10.0. The summed E-state index contributed by atoms with van der Waals surface area (Å²) in [5.74, 6) is -2.23. The molecule has 3 aromatic rings. The highest BCUT2D eigenvalue weighted by atomic mass is 35.5. The minimum Gasteiger partial charge on any atom is -0.504 e. The Hall–Kier alpha value is -3.52. The second kappa shape index (κ2) is 7.84. The molecule has 0 atom stereocenters. The van der Waals surface area contributed by atoms with Gasteiger partial charge < -0.3 is 24.7 Å². The lowest BCUT2D eigenvalue weighted by Crippen LogP contribution is -2.22. The largest absolute Gasteiger partial charge is 0.504 e. The van der Waals surface area contributed by atoms with Gasteiger partial charge in [0.15, 0.2) is 11.3 Å². The lowest BCUT2D eigenvalue weighted by molar-refractivity contribution is -0.115. The number of rotatable bonds is 4. The van der Waals surface area contributed by atoms with Gasteiger partial charge in [-0.05, 0) is 42.8 Å². The smallest absolute Gasteiger partial charge is 0.340 e. The fourth-order valence-electron chi connectivity index (χ4n) is 2.90. The van der Waals surface area contributed by atoms with Gasteiger partial charge in [0.05, 0.1) is 30.3 Å². The first-order valence-electron chi connectivity index (χ1n) is 8.38. The van der Waals surface area contributed by atoms with E-state index < -0.39 is 29.0 Å². The Morgan fingerprint density at radius 2 is 1.93 bits per heavy atom. The van der Waals surface area contributed by atoms with Gasteiger partial charge in [0.2, 0.25) is 11.7 Å². The predicted molar refractivity (Wildman–Crippen MR) is 106 cm³/mol. The average Bonchev–Trinajstić information content (AvgIpc) is 2.68. The van der Waals surface area contributed by atoms with Crippen LogP contribution in [0.5, 0.6) is 11.5 Å². The van der Waals surface area contributed by atoms with Crippen molar-refractivity contribution in [2.45, 2.75) is 13.3 Å². The molecule has 0 saturated carbocycles. The number of aryl methyl sites for hydroxylation is 1. The van der Waals surface area contributed by atoms with Crippen LogP contribution in [-0.4, -0.2) is 29.2 Å². The summed E-state index contributed by atoms with van der Waals surface area (Å²) in [7, 11) is 1.21. The Bertz CT molecular complexity index is 1200. The van der Waals surface area contributed by atoms with Crippen molar-refractivity contribution in [3.8, 4) is 11.5 Å². The highest BCUT2D eigenvalue weighted by Crippen LogP contribution is 2.34. The Balaban J connectivity index is 1.96. The van der Waals surface area contributed by atoms with Gasteiger partial charge in [-0.15, -0.1) is 0 Å². The van der Waals surface area contributed by atoms with Gasteiger partial charge >= 0.3 is 11.6 Å². The molecule has 0 aliphatic heterocycles. The van der Waals surface area contributed by atoms with Gasteiger partial charge in [0.25, 0.3) is 0 Å². The van der Waals surface area contributed by atoms with E-state index >= 15 is 0 Å². The molecule has 150 valence electrons. The van der Waals surface area contributed by atoms with Crippen molar-refractivity contribution >= 4 is 40.1 Å². The van der Waals surface area contributed by atoms with Gasteiger partial charge in [0, 0.05) is 10.4 Å². The molecule has 0 fully saturated rings. The van der Waals surface area contributed by atoms with E-state index in [1.54, 1.807) is 6.92 Å². The number of amides is 1. The van der Waals surface area contributed by atoms with Gasteiger partial charge in [0.1, 0.15) is 0 Å². The number of fused-ring (bicyclic) bond motifs is 1. The first kappa shape index (κ1) is 20.2. The summed E-state index contributed by atoms with van der Waals surface area (Å²) < 4.78 is 9.78. The predicted octanol–water partition coefficient (Wildman–Crippen LogP) is 3.13. The van der Waals surface area contributed by atoms with Crippen LogP contribution in [0.15, 0.2) is 39.5 Å². The molecule has 1 amide bonds. The summed E-state index contributed by atoms with van der Waals surface area (Å²) in [6.45, 7) is 1.59. The number of anilines is 1. The van der Waals surface area contributed by atoms with Crippen molar-refractivity contribution in [3.05, 3.63) is 62.5 Å². The number of phenolic OH excluding ortho intramolecular Hbond substituents is 2. The number of benzene rings is 2. The Kier molecular flexibility index (Phi) is 5.47. The first-order valence-corrected chi connectivity index (χ1v) is 8.75. The highest BCUT2D eigenvalue weighted by Gasteiger charge is 2.20. The second-order valence-electron chi connectivity index (χ2n) is 6.21. The number of carbonyl (C=O) groups excluding carboxylic acids is 2. The molecular formula is C20H16ClNO7. The molecule has 29 heavy (non-hydrogen) atoms. The number of aromatic hydroxyl groups is 2. The number of esters is 1. The van der Waals surface area contributed by atoms with Crippen LogP contribution in [-0.2, 0) is 16.0 Å². The Labute approximate surface area is 169 Å². The summed E-state index contributed by atoms with van der Waals surface area (Å²) in [6, 6.07) is 7.00. The molecule has 0 saturated heterocycles. The molecule has 0 aliphatic rings. The number of halogens is 1. The lowest BCUT2D eigenvalue weighted by Gasteiger charge is -2.12. The minimum atomic E-state index is -0.828. The molecular weight excluding hydrogens is 402 g/mol. The van der Waals surface area contributed by atoms with Crippen LogP contribution >= 0.6 is 11.6 Å². The zero-order valence-corrected chi connectivity index (χ0v) is 16.2. The third-order valence-electron chi connectivity index (χ3n) is 4.41. The number of phenols is 2. The quantitative estimate of drug-likeness (QED) is 0.338. The van der Waals surface area contributed by atoms with E-state index in [2.05, 4.69) is 10.1 Å². The van der Waals surface area contributed by atoms with Crippen molar-refractivity contribution in [2.75, 3.05) is 12.4 Å². The molecule has 0 radical (unpaired) electrons. The maximum Gasteiger partial charge on any atom is 0.340 e. The monoisotopic (exact) mass is 417 g/mol. The summed E-state index contributed by atoms with van der Waals surface area (Å²) >= 11 is 5.94. The van der Waals surface area contributed by atoms with E-state index in [1.807, 2.05) is 0 Å². The van der Waals surface area contributed by atoms with Crippen molar-refractivity contribution in [3.63, 3.8) is 0 Å². The zero-order chi connectivity index (χ0) is 21.3. The van der Waals surface area contributed by atoms with E-state index in [4.69, 9.17) is 16.0 Å². The molecule has 2 aromatic carbocycles. The number of nitrogens with one attached hydrogen (secondary N) is 1. The third kappa shape index (κ3) is 3.88. The molecule has 0 aliphatic carbocycles.